The summed E-state index contributed by atoms with van der Waals surface area (Å²) in [6.07, 6.45) is 4.05. The fourth-order valence-electron chi connectivity index (χ4n) is 2.71. The molecule has 1 aromatic heterocycles. The monoisotopic (exact) mass is 279 g/mol. The van der Waals surface area contributed by atoms with Crippen molar-refractivity contribution >= 4 is 21.1 Å². The Bertz CT molecular complexity index is 660. The van der Waals surface area contributed by atoms with Crippen LogP contribution in [0.5, 0.6) is 0 Å². The van der Waals surface area contributed by atoms with Crippen molar-refractivity contribution in [3.05, 3.63) is 30.1 Å². The van der Waals surface area contributed by atoms with Crippen molar-refractivity contribution < 1.29 is 8.42 Å². The molecule has 1 aliphatic rings. The highest BCUT2D eigenvalue weighted by Crippen LogP contribution is 2.32. The van der Waals surface area contributed by atoms with Gasteiger partial charge in [0.2, 0.25) is 10.0 Å². The van der Waals surface area contributed by atoms with Gasteiger partial charge in [0.15, 0.2) is 0 Å². The molecule has 1 aliphatic heterocycles. The molecule has 2 aromatic rings. The van der Waals surface area contributed by atoms with Crippen LogP contribution in [0.1, 0.15) is 31.1 Å². The summed E-state index contributed by atoms with van der Waals surface area (Å²) in [4.78, 5) is 7.79. The molecule has 102 valence electrons. The molecule has 1 unspecified atom stereocenters. The van der Waals surface area contributed by atoms with Gasteiger partial charge in [-0.2, -0.15) is 4.31 Å². The molecule has 6 heteroatoms. The lowest BCUT2D eigenvalue weighted by Gasteiger charge is -2.32. The molecule has 1 N–H and O–H groups in total. The Morgan fingerprint density at radius 3 is 2.84 bits per heavy atom. The van der Waals surface area contributed by atoms with Crippen LogP contribution in [-0.2, 0) is 10.0 Å². The number of rotatable bonds is 2. The minimum absolute atomic E-state index is 0.156. The number of imidazole rings is 1. The second-order valence-electron chi connectivity index (χ2n) is 5.02. The molecule has 1 atom stereocenters. The van der Waals surface area contributed by atoms with Gasteiger partial charge < -0.3 is 4.98 Å². The second-order valence-corrected chi connectivity index (χ2v) is 6.96. The normalized spacial score (nSPS) is 21.8. The molecule has 1 fully saturated rings. The quantitative estimate of drug-likeness (QED) is 0.915. The third-order valence-corrected chi connectivity index (χ3v) is 4.89. The summed E-state index contributed by atoms with van der Waals surface area (Å²) in [7, 11) is -3.19. The standard InChI is InChI=1S/C13H17N3O2S/c1-19(17,18)16-9-5-4-8-12(16)13-14-10-6-2-3-7-11(10)15-13/h2-3,6-7,12H,4-5,8-9H2,1H3,(H,14,15). The third-order valence-electron chi connectivity index (χ3n) is 3.60. The second kappa shape index (κ2) is 4.61. The van der Waals surface area contributed by atoms with Crippen molar-refractivity contribution in [2.45, 2.75) is 25.3 Å². The molecule has 0 bridgehead atoms. The molecular weight excluding hydrogens is 262 g/mol. The van der Waals surface area contributed by atoms with Gasteiger partial charge in [-0.25, -0.2) is 13.4 Å². The fourth-order valence-corrected chi connectivity index (χ4v) is 3.83. The molecule has 2 heterocycles. The summed E-state index contributed by atoms with van der Waals surface area (Å²) in [5.41, 5.74) is 1.84. The van der Waals surface area contributed by atoms with Crippen molar-refractivity contribution in [1.29, 1.82) is 0 Å². The summed E-state index contributed by atoms with van der Waals surface area (Å²) in [6.45, 7) is 0.584. The van der Waals surface area contributed by atoms with Crippen molar-refractivity contribution in [2.24, 2.45) is 0 Å². The maximum atomic E-state index is 11.9. The lowest BCUT2D eigenvalue weighted by atomic mass is 10.0. The summed E-state index contributed by atoms with van der Waals surface area (Å²) < 4.78 is 25.3. The Morgan fingerprint density at radius 1 is 1.32 bits per heavy atom. The van der Waals surface area contributed by atoms with Crippen LogP contribution >= 0.6 is 0 Å². The molecule has 1 aromatic carbocycles. The van der Waals surface area contributed by atoms with E-state index in [0.717, 1.165) is 36.1 Å². The Morgan fingerprint density at radius 2 is 2.11 bits per heavy atom. The highest BCUT2D eigenvalue weighted by Gasteiger charge is 2.32. The number of hydrogen-bond donors (Lipinski definition) is 1. The van der Waals surface area contributed by atoms with E-state index in [0.29, 0.717) is 6.54 Å². The first-order valence-corrected chi connectivity index (χ1v) is 8.32. The number of aromatic nitrogens is 2. The van der Waals surface area contributed by atoms with Crippen molar-refractivity contribution in [2.75, 3.05) is 12.8 Å². The maximum Gasteiger partial charge on any atom is 0.211 e. The smallest absolute Gasteiger partial charge is 0.211 e. The van der Waals surface area contributed by atoms with Gasteiger partial charge in [-0.1, -0.05) is 18.6 Å². The minimum atomic E-state index is -3.19. The summed E-state index contributed by atoms with van der Waals surface area (Å²) >= 11 is 0. The van der Waals surface area contributed by atoms with Gasteiger partial charge in [0, 0.05) is 6.54 Å². The van der Waals surface area contributed by atoms with Crippen molar-refractivity contribution in [1.82, 2.24) is 14.3 Å². The predicted octanol–water partition coefficient (Wildman–Crippen LogP) is 2.05. The molecule has 0 spiro atoms. The topological polar surface area (TPSA) is 66.1 Å². The van der Waals surface area contributed by atoms with E-state index in [9.17, 15) is 8.42 Å². The van der Waals surface area contributed by atoms with E-state index in [4.69, 9.17) is 0 Å². The molecule has 0 saturated carbocycles. The van der Waals surface area contributed by atoms with E-state index >= 15 is 0 Å². The van der Waals surface area contributed by atoms with Crippen LogP contribution in [0.2, 0.25) is 0 Å². The number of hydrogen-bond acceptors (Lipinski definition) is 3. The first-order valence-electron chi connectivity index (χ1n) is 6.47. The van der Waals surface area contributed by atoms with Crippen LogP contribution in [-0.4, -0.2) is 35.5 Å². The zero-order chi connectivity index (χ0) is 13.5. The number of nitrogens with zero attached hydrogens (tertiary/aromatic N) is 2. The molecule has 0 radical (unpaired) electrons. The molecular formula is C13H17N3O2S. The van der Waals surface area contributed by atoms with Crippen LogP contribution in [0.25, 0.3) is 11.0 Å². The number of aromatic amines is 1. The number of sulfonamides is 1. The zero-order valence-electron chi connectivity index (χ0n) is 10.8. The van der Waals surface area contributed by atoms with E-state index < -0.39 is 10.0 Å². The Labute approximate surface area is 112 Å². The van der Waals surface area contributed by atoms with Gasteiger partial charge in [-0.05, 0) is 25.0 Å². The lowest BCUT2D eigenvalue weighted by molar-refractivity contribution is 0.249. The van der Waals surface area contributed by atoms with E-state index in [-0.39, 0.29) is 6.04 Å². The van der Waals surface area contributed by atoms with Crippen molar-refractivity contribution in [3.8, 4) is 0 Å². The van der Waals surface area contributed by atoms with Gasteiger partial charge in [0.25, 0.3) is 0 Å². The van der Waals surface area contributed by atoms with Crippen molar-refractivity contribution in [3.63, 3.8) is 0 Å². The number of fused-ring (bicyclic) bond motifs is 1. The maximum absolute atomic E-state index is 11.9. The zero-order valence-corrected chi connectivity index (χ0v) is 11.7. The molecule has 1 saturated heterocycles. The number of para-hydroxylation sites is 2. The number of H-pyrrole nitrogens is 1. The Hall–Kier alpha value is -1.40. The first-order chi connectivity index (χ1) is 9.05. The SMILES string of the molecule is CS(=O)(=O)N1CCCCC1c1nc2ccccc2[nH]1. The van der Waals surface area contributed by atoms with Gasteiger partial charge in [-0.3, -0.25) is 0 Å². The molecule has 19 heavy (non-hydrogen) atoms. The van der Waals surface area contributed by atoms with Crippen LogP contribution < -0.4 is 0 Å². The summed E-state index contributed by atoms with van der Waals surface area (Å²) in [5, 5.41) is 0. The van der Waals surface area contributed by atoms with Gasteiger partial charge in [0.05, 0.1) is 23.3 Å². The predicted molar refractivity (Wildman–Crippen MR) is 74.2 cm³/mol. The molecule has 3 rings (SSSR count). The average Bonchev–Trinajstić information content (AvgIpc) is 2.81. The lowest BCUT2D eigenvalue weighted by Crippen LogP contribution is -2.38. The Kier molecular flexibility index (Phi) is 3.06. The number of benzene rings is 1. The average molecular weight is 279 g/mol. The van der Waals surface area contributed by atoms with Crippen LogP contribution in [0.15, 0.2) is 24.3 Å². The van der Waals surface area contributed by atoms with Crippen LogP contribution in [0.4, 0.5) is 0 Å². The first kappa shape index (κ1) is 12.6. The van der Waals surface area contributed by atoms with Crippen LogP contribution in [0, 0.1) is 0 Å². The molecule has 0 aliphatic carbocycles. The highest BCUT2D eigenvalue weighted by molar-refractivity contribution is 7.88. The summed E-state index contributed by atoms with van der Waals surface area (Å²) in [6, 6.07) is 7.61. The molecule has 5 nitrogen and oxygen atoms in total. The highest BCUT2D eigenvalue weighted by atomic mass is 32.2. The minimum Gasteiger partial charge on any atom is -0.341 e. The van der Waals surface area contributed by atoms with Gasteiger partial charge in [-0.15, -0.1) is 0 Å². The van der Waals surface area contributed by atoms with E-state index in [1.165, 1.54) is 6.26 Å². The number of nitrogens with one attached hydrogen (secondary N) is 1. The van der Waals surface area contributed by atoms with Gasteiger partial charge >= 0.3 is 0 Å². The van der Waals surface area contributed by atoms with E-state index in [1.807, 2.05) is 24.3 Å². The van der Waals surface area contributed by atoms with Gasteiger partial charge in [0.1, 0.15) is 5.82 Å². The van der Waals surface area contributed by atoms with Crippen LogP contribution in [0.3, 0.4) is 0 Å². The largest absolute Gasteiger partial charge is 0.341 e. The summed E-state index contributed by atoms with van der Waals surface area (Å²) in [5.74, 6) is 0.756. The fraction of sp³-hybridized carbons (Fsp3) is 0.462. The molecule has 0 amide bonds. The Balaban J connectivity index is 2.03. The number of piperidine rings is 1. The van der Waals surface area contributed by atoms with E-state index in [2.05, 4.69) is 9.97 Å². The van der Waals surface area contributed by atoms with E-state index in [1.54, 1.807) is 4.31 Å². The third kappa shape index (κ3) is 2.37.